The smallest absolute Gasteiger partial charge is 0.239 e. The average Bonchev–Trinajstić information content (AvgIpc) is 2.53. The third-order valence-electron chi connectivity index (χ3n) is 2.85. The van der Waals surface area contributed by atoms with Gasteiger partial charge in [0.2, 0.25) is 5.91 Å². The first-order valence-electron chi connectivity index (χ1n) is 7.04. The highest BCUT2D eigenvalue weighted by molar-refractivity contribution is 14.0. The minimum Gasteiger partial charge on any atom is -0.496 e. The quantitative estimate of drug-likeness (QED) is 0.355. The standard InChI is InChI=1S/C15H24N4O2.HI/c1-4-9-17-14(20)11-19-15(16-2)18-10-12-7-5-6-8-13(12)21-3;/h5-8H,4,9-11H2,1-3H3,(H,17,20)(H2,16,18,19);1H. The Morgan fingerprint density at radius 3 is 2.59 bits per heavy atom. The van der Waals surface area contributed by atoms with Crippen LogP contribution in [0.3, 0.4) is 0 Å². The molecule has 0 saturated heterocycles. The van der Waals surface area contributed by atoms with Gasteiger partial charge in [0.25, 0.3) is 0 Å². The summed E-state index contributed by atoms with van der Waals surface area (Å²) < 4.78 is 5.29. The zero-order valence-corrected chi connectivity index (χ0v) is 15.6. The van der Waals surface area contributed by atoms with E-state index >= 15 is 0 Å². The maximum atomic E-state index is 11.5. The number of para-hydroxylation sites is 1. The van der Waals surface area contributed by atoms with Gasteiger partial charge in [0, 0.05) is 25.7 Å². The van der Waals surface area contributed by atoms with Gasteiger partial charge in [0.05, 0.1) is 13.7 Å². The molecule has 1 amide bonds. The summed E-state index contributed by atoms with van der Waals surface area (Å²) in [6.07, 6.45) is 0.923. The Balaban J connectivity index is 0.00000441. The summed E-state index contributed by atoms with van der Waals surface area (Å²) in [5, 5.41) is 8.92. The van der Waals surface area contributed by atoms with Gasteiger partial charge in [-0.3, -0.25) is 9.79 Å². The van der Waals surface area contributed by atoms with Gasteiger partial charge in [-0.25, -0.2) is 0 Å². The molecule has 0 heterocycles. The molecule has 7 heteroatoms. The second-order valence-corrected chi connectivity index (χ2v) is 4.44. The molecule has 22 heavy (non-hydrogen) atoms. The van der Waals surface area contributed by atoms with Crippen molar-refractivity contribution in [3.05, 3.63) is 29.8 Å². The number of benzene rings is 1. The highest BCUT2D eigenvalue weighted by Crippen LogP contribution is 2.16. The molecule has 0 unspecified atom stereocenters. The SMILES string of the molecule is CCCNC(=O)CNC(=NC)NCc1ccccc1OC.I. The largest absolute Gasteiger partial charge is 0.496 e. The van der Waals surface area contributed by atoms with Crippen LogP contribution >= 0.6 is 24.0 Å². The first-order chi connectivity index (χ1) is 10.2. The van der Waals surface area contributed by atoms with Crippen LogP contribution in [0.25, 0.3) is 0 Å². The number of amides is 1. The summed E-state index contributed by atoms with van der Waals surface area (Å²) in [5.74, 6) is 1.35. The molecular formula is C15H25IN4O2. The molecule has 1 aromatic carbocycles. The van der Waals surface area contributed by atoms with E-state index in [9.17, 15) is 4.79 Å². The molecule has 0 aliphatic heterocycles. The van der Waals surface area contributed by atoms with Crippen LogP contribution in [0, 0.1) is 0 Å². The van der Waals surface area contributed by atoms with Crippen molar-refractivity contribution in [1.82, 2.24) is 16.0 Å². The van der Waals surface area contributed by atoms with Gasteiger partial charge >= 0.3 is 0 Å². The molecular weight excluding hydrogens is 395 g/mol. The molecule has 1 rings (SSSR count). The van der Waals surface area contributed by atoms with E-state index in [4.69, 9.17) is 4.74 Å². The van der Waals surface area contributed by atoms with Gasteiger partial charge in [-0.05, 0) is 12.5 Å². The number of ether oxygens (including phenoxy) is 1. The van der Waals surface area contributed by atoms with Crippen molar-refractivity contribution in [2.75, 3.05) is 27.2 Å². The number of halogens is 1. The van der Waals surface area contributed by atoms with Crippen LogP contribution in [0.5, 0.6) is 5.75 Å². The number of hydrogen-bond donors (Lipinski definition) is 3. The molecule has 0 fully saturated rings. The zero-order valence-electron chi connectivity index (χ0n) is 13.3. The van der Waals surface area contributed by atoms with Gasteiger partial charge in [-0.15, -0.1) is 24.0 Å². The Morgan fingerprint density at radius 1 is 1.23 bits per heavy atom. The van der Waals surface area contributed by atoms with Crippen LogP contribution < -0.4 is 20.7 Å². The summed E-state index contributed by atoms with van der Waals surface area (Å²) in [6, 6.07) is 7.76. The number of nitrogens with zero attached hydrogens (tertiary/aromatic N) is 1. The first kappa shape index (κ1) is 20.5. The van der Waals surface area contributed by atoms with E-state index in [0.29, 0.717) is 19.0 Å². The number of hydrogen-bond acceptors (Lipinski definition) is 3. The number of carbonyl (C=O) groups is 1. The first-order valence-corrected chi connectivity index (χ1v) is 7.04. The van der Waals surface area contributed by atoms with E-state index in [-0.39, 0.29) is 36.4 Å². The van der Waals surface area contributed by atoms with E-state index < -0.39 is 0 Å². The van der Waals surface area contributed by atoms with E-state index in [0.717, 1.165) is 17.7 Å². The Hall–Kier alpha value is -1.51. The van der Waals surface area contributed by atoms with E-state index in [1.807, 2.05) is 31.2 Å². The molecule has 0 bridgehead atoms. The molecule has 1 aromatic rings. The summed E-state index contributed by atoms with van der Waals surface area (Å²) >= 11 is 0. The fourth-order valence-electron chi connectivity index (χ4n) is 1.74. The van der Waals surface area contributed by atoms with Crippen molar-refractivity contribution in [3.8, 4) is 5.75 Å². The van der Waals surface area contributed by atoms with Gasteiger partial charge in [0.1, 0.15) is 5.75 Å². The predicted octanol–water partition coefficient (Wildman–Crippen LogP) is 1.50. The topological polar surface area (TPSA) is 74.8 Å². The van der Waals surface area contributed by atoms with Crippen LogP contribution in [0.4, 0.5) is 0 Å². The van der Waals surface area contributed by atoms with Crippen LogP contribution in [-0.4, -0.2) is 39.1 Å². The molecule has 0 spiro atoms. The number of methoxy groups -OCH3 is 1. The van der Waals surface area contributed by atoms with Crippen molar-refractivity contribution in [3.63, 3.8) is 0 Å². The lowest BCUT2D eigenvalue weighted by Gasteiger charge is -2.13. The number of rotatable bonds is 7. The van der Waals surface area contributed by atoms with Crippen LogP contribution in [0.15, 0.2) is 29.3 Å². The maximum Gasteiger partial charge on any atom is 0.239 e. The lowest BCUT2D eigenvalue weighted by molar-refractivity contribution is -0.120. The molecule has 0 aromatic heterocycles. The van der Waals surface area contributed by atoms with Gasteiger partial charge in [-0.1, -0.05) is 25.1 Å². The minimum absolute atomic E-state index is 0. The molecule has 0 atom stereocenters. The fraction of sp³-hybridized carbons (Fsp3) is 0.467. The molecule has 6 nitrogen and oxygen atoms in total. The van der Waals surface area contributed by atoms with Crippen molar-refractivity contribution >= 4 is 35.8 Å². The summed E-state index contributed by atoms with van der Waals surface area (Å²) in [5.41, 5.74) is 1.03. The lowest BCUT2D eigenvalue weighted by Crippen LogP contribution is -2.43. The maximum absolute atomic E-state index is 11.5. The van der Waals surface area contributed by atoms with Crippen molar-refractivity contribution in [1.29, 1.82) is 0 Å². The van der Waals surface area contributed by atoms with Gasteiger partial charge in [-0.2, -0.15) is 0 Å². The van der Waals surface area contributed by atoms with Crippen LogP contribution in [0.2, 0.25) is 0 Å². The summed E-state index contributed by atoms with van der Waals surface area (Å²) in [4.78, 5) is 15.6. The summed E-state index contributed by atoms with van der Waals surface area (Å²) in [7, 11) is 3.31. The molecule has 0 saturated carbocycles. The van der Waals surface area contributed by atoms with Crippen LogP contribution in [0.1, 0.15) is 18.9 Å². The molecule has 0 aliphatic carbocycles. The Bertz CT molecular complexity index is 480. The second kappa shape index (κ2) is 12.1. The Labute approximate surface area is 149 Å². The highest BCUT2D eigenvalue weighted by Gasteiger charge is 2.05. The third-order valence-corrected chi connectivity index (χ3v) is 2.85. The third kappa shape index (κ3) is 7.48. The number of aliphatic imine (C=N–C) groups is 1. The van der Waals surface area contributed by atoms with Crippen molar-refractivity contribution in [2.45, 2.75) is 19.9 Å². The molecule has 3 N–H and O–H groups in total. The number of nitrogens with one attached hydrogen (secondary N) is 3. The predicted molar refractivity (Wildman–Crippen MR) is 99.9 cm³/mol. The number of carbonyl (C=O) groups excluding carboxylic acids is 1. The second-order valence-electron chi connectivity index (χ2n) is 4.44. The monoisotopic (exact) mass is 420 g/mol. The van der Waals surface area contributed by atoms with Crippen molar-refractivity contribution in [2.24, 2.45) is 4.99 Å². The van der Waals surface area contributed by atoms with E-state index in [1.54, 1.807) is 14.2 Å². The van der Waals surface area contributed by atoms with Crippen molar-refractivity contribution < 1.29 is 9.53 Å². The zero-order chi connectivity index (χ0) is 15.5. The normalized spacial score (nSPS) is 10.4. The Morgan fingerprint density at radius 2 is 1.95 bits per heavy atom. The Kier molecular flexibility index (Phi) is 11.2. The average molecular weight is 420 g/mol. The highest BCUT2D eigenvalue weighted by atomic mass is 127. The molecule has 0 aliphatic rings. The van der Waals surface area contributed by atoms with E-state index in [2.05, 4.69) is 20.9 Å². The minimum atomic E-state index is -0.0444. The lowest BCUT2D eigenvalue weighted by atomic mass is 10.2. The van der Waals surface area contributed by atoms with Gasteiger partial charge in [0.15, 0.2) is 5.96 Å². The number of guanidine groups is 1. The fourth-order valence-corrected chi connectivity index (χ4v) is 1.74. The molecule has 124 valence electrons. The summed E-state index contributed by atoms with van der Waals surface area (Å²) in [6.45, 7) is 3.47. The van der Waals surface area contributed by atoms with E-state index in [1.165, 1.54) is 0 Å². The van der Waals surface area contributed by atoms with Gasteiger partial charge < -0.3 is 20.7 Å². The van der Waals surface area contributed by atoms with Crippen LogP contribution in [-0.2, 0) is 11.3 Å². The molecule has 0 radical (unpaired) electrons.